The molecule has 116 valence electrons. The molecule has 1 amide bonds. The molecule has 0 saturated carbocycles. The van der Waals surface area contributed by atoms with Crippen molar-refractivity contribution >= 4 is 5.91 Å². The molecule has 0 radical (unpaired) electrons. The van der Waals surface area contributed by atoms with E-state index >= 15 is 0 Å². The van der Waals surface area contributed by atoms with Crippen LogP contribution in [-0.2, 0) is 0 Å². The molecule has 0 spiro atoms. The molecule has 1 N–H and O–H groups in total. The third kappa shape index (κ3) is 2.76. The Morgan fingerprint density at radius 2 is 2.23 bits per heavy atom. The number of hydrogen-bond acceptors (Lipinski definition) is 3. The van der Waals surface area contributed by atoms with Gasteiger partial charge in [-0.2, -0.15) is 5.10 Å². The fourth-order valence-electron chi connectivity index (χ4n) is 3.10. The average molecular weight is 298 g/mol. The Morgan fingerprint density at radius 3 is 3.00 bits per heavy atom. The highest BCUT2D eigenvalue weighted by molar-refractivity contribution is 5.94. The molecule has 0 aliphatic carbocycles. The van der Waals surface area contributed by atoms with Gasteiger partial charge in [0.05, 0.1) is 17.4 Å². The normalized spacial score (nSPS) is 17.9. The summed E-state index contributed by atoms with van der Waals surface area (Å²) < 4.78 is 1.78. The number of likely N-dealkylation sites (tertiary alicyclic amines) is 1. The molecule has 5 heteroatoms. The SMILES string of the molecule is CNC[C@@H]1CCCN1C(=O)c1cnn(-c2ccccc2C)c1. The quantitative estimate of drug-likeness (QED) is 0.939. The summed E-state index contributed by atoms with van der Waals surface area (Å²) in [4.78, 5) is 14.7. The van der Waals surface area contributed by atoms with Gasteiger partial charge in [-0.05, 0) is 38.4 Å². The van der Waals surface area contributed by atoms with Crippen LogP contribution < -0.4 is 5.32 Å². The number of amides is 1. The number of carbonyl (C=O) groups is 1. The van der Waals surface area contributed by atoms with E-state index in [0.717, 1.165) is 37.2 Å². The zero-order valence-corrected chi connectivity index (χ0v) is 13.1. The van der Waals surface area contributed by atoms with Crippen LogP contribution in [0.15, 0.2) is 36.7 Å². The van der Waals surface area contributed by atoms with Crippen LogP contribution in [0, 0.1) is 6.92 Å². The fraction of sp³-hybridized carbons (Fsp3) is 0.412. The summed E-state index contributed by atoms with van der Waals surface area (Å²) in [7, 11) is 1.93. The van der Waals surface area contributed by atoms with Crippen LogP contribution in [0.5, 0.6) is 0 Å². The number of likely N-dealkylation sites (N-methyl/N-ethyl adjacent to an activating group) is 1. The van der Waals surface area contributed by atoms with Gasteiger partial charge in [0.15, 0.2) is 0 Å². The van der Waals surface area contributed by atoms with E-state index in [1.807, 2.05) is 49.3 Å². The summed E-state index contributed by atoms with van der Waals surface area (Å²) in [5.41, 5.74) is 2.81. The van der Waals surface area contributed by atoms with Crippen molar-refractivity contribution < 1.29 is 4.79 Å². The highest BCUT2D eigenvalue weighted by Gasteiger charge is 2.29. The molecule has 5 nitrogen and oxygen atoms in total. The van der Waals surface area contributed by atoms with Gasteiger partial charge in [0.1, 0.15) is 0 Å². The first-order valence-corrected chi connectivity index (χ1v) is 7.77. The van der Waals surface area contributed by atoms with E-state index in [-0.39, 0.29) is 5.91 Å². The van der Waals surface area contributed by atoms with Crippen LogP contribution in [0.25, 0.3) is 5.69 Å². The number of aromatic nitrogens is 2. The molecule has 0 unspecified atom stereocenters. The predicted molar refractivity (Wildman–Crippen MR) is 86.3 cm³/mol. The number of nitrogens with one attached hydrogen (secondary N) is 1. The Hall–Kier alpha value is -2.14. The number of benzene rings is 1. The van der Waals surface area contributed by atoms with Crippen molar-refractivity contribution in [3.8, 4) is 5.69 Å². The van der Waals surface area contributed by atoms with Crippen molar-refractivity contribution in [3.05, 3.63) is 47.8 Å². The van der Waals surface area contributed by atoms with Crippen molar-refractivity contribution in [3.63, 3.8) is 0 Å². The summed E-state index contributed by atoms with van der Waals surface area (Å²) in [6.45, 7) is 3.72. The first-order valence-electron chi connectivity index (χ1n) is 7.77. The summed E-state index contributed by atoms with van der Waals surface area (Å²) in [6.07, 6.45) is 5.64. The Bertz CT molecular complexity index is 664. The van der Waals surface area contributed by atoms with E-state index < -0.39 is 0 Å². The number of carbonyl (C=O) groups excluding carboxylic acids is 1. The van der Waals surface area contributed by atoms with Crippen LogP contribution in [-0.4, -0.2) is 46.8 Å². The highest BCUT2D eigenvalue weighted by atomic mass is 16.2. The fourth-order valence-corrected chi connectivity index (χ4v) is 3.10. The van der Waals surface area contributed by atoms with E-state index in [1.54, 1.807) is 10.9 Å². The zero-order chi connectivity index (χ0) is 15.5. The average Bonchev–Trinajstić information content (AvgIpc) is 3.17. The van der Waals surface area contributed by atoms with E-state index in [2.05, 4.69) is 10.4 Å². The second kappa shape index (κ2) is 6.32. The molecule has 2 heterocycles. The molecule has 1 aromatic heterocycles. The van der Waals surface area contributed by atoms with Crippen molar-refractivity contribution in [1.29, 1.82) is 0 Å². The van der Waals surface area contributed by atoms with Gasteiger partial charge in [0.2, 0.25) is 0 Å². The smallest absolute Gasteiger partial charge is 0.257 e. The Kier molecular flexibility index (Phi) is 4.24. The van der Waals surface area contributed by atoms with E-state index in [0.29, 0.717) is 11.6 Å². The molecule has 1 fully saturated rings. The van der Waals surface area contributed by atoms with E-state index in [4.69, 9.17) is 0 Å². The number of nitrogens with zero attached hydrogens (tertiary/aromatic N) is 3. The topological polar surface area (TPSA) is 50.2 Å². The Balaban J connectivity index is 1.82. The van der Waals surface area contributed by atoms with Crippen molar-refractivity contribution in [2.75, 3.05) is 20.1 Å². The summed E-state index contributed by atoms with van der Waals surface area (Å²) in [6, 6.07) is 8.33. The number of rotatable bonds is 4. The van der Waals surface area contributed by atoms with Crippen molar-refractivity contribution in [2.24, 2.45) is 0 Å². The molecule has 1 aliphatic heterocycles. The molecule has 3 rings (SSSR count). The molecule has 0 bridgehead atoms. The van der Waals surface area contributed by atoms with Gasteiger partial charge in [-0.1, -0.05) is 18.2 Å². The van der Waals surface area contributed by atoms with Gasteiger partial charge >= 0.3 is 0 Å². The zero-order valence-electron chi connectivity index (χ0n) is 13.1. The van der Waals surface area contributed by atoms with Crippen LogP contribution in [0.4, 0.5) is 0 Å². The number of para-hydroxylation sites is 1. The van der Waals surface area contributed by atoms with Crippen LogP contribution in [0.1, 0.15) is 28.8 Å². The molecule has 1 aliphatic rings. The third-order valence-corrected chi connectivity index (χ3v) is 4.27. The first kappa shape index (κ1) is 14.8. The number of aryl methyl sites for hydroxylation is 1. The molecule has 22 heavy (non-hydrogen) atoms. The molecule has 2 aromatic rings. The van der Waals surface area contributed by atoms with Crippen LogP contribution >= 0.6 is 0 Å². The maximum absolute atomic E-state index is 12.7. The summed E-state index contributed by atoms with van der Waals surface area (Å²) in [5, 5.41) is 7.53. The van der Waals surface area contributed by atoms with Crippen molar-refractivity contribution in [1.82, 2.24) is 20.0 Å². The Labute approximate surface area is 130 Å². The first-order chi connectivity index (χ1) is 10.7. The molecular weight excluding hydrogens is 276 g/mol. The standard InChI is InChI=1S/C17H22N4O/c1-13-6-3-4-8-16(13)21-12-14(10-19-21)17(22)20-9-5-7-15(20)11-18-2/h3-4,6,8,10,12,15,18H,5,7,9,11H2,1-2H3/t15-/m0/s1. The summed E-state index contributed by atoms with van der Waals surface area (Å²) >= 11 is 0. The minimum absolute atomic E-state index is 0.0811. The summed E-state index contributed by atoms with van der Waals surface area (Å²) in [5.74, 6) is 0.0811. The molecular formula is C17H22N4O. The minimum atomic E-state index is 0.0811. The van der Waals surface area contributed by atoms with E-state index in [9.17, 15) is 4.79 Å². The maximum atomic E-state index is 12.7. The van der Waals surface area contributed by atoms with Crippen molar-refractivity contribution in [2.45, 2.75) is 25.8 Å². The van der Waals surface area contributed by atoms with Crippen LogP contribution in [0.2, 0.25) is 0 Å². The highest BCUT2D eigenvalue weighted by Crippen LogP contribution is 2.20. The van der Waals surface area contributed by atoms with E-state index in [1.165, 1.54) is 0 Å². The lowest BCUT2D eigenvalue weighted by atomic mass is 10.2. The van der Waals surface area contributed by atoms with Crippen LogP contribution in [0.3, 0.4) is 0 Å². The third-order valence-electron chi connectivity index (χ3n) is 4.27. The lowest BCUT2D eigenvalue weighted by Crippen LogP contribution is -2.40. The molecule has 1 saturated heterocycles. The molecule has 1 atom stereocenters. The predicted octanol–water partition coefficient (Wildman–Crippen LogP) is 2.00. The van der Waals surface area contributed by atoms with Gasteiger partial charge in [-0.15, -0.1) is 0 Å². The second-order valence-electron chi connectivity index (χ2n) is 5.81. The van der Waals surface area contributed by atoms with Gasteiger partial charge in [-0.25, -0.2) is 4.68 Å². The lowest BCUT2D eigenvalue weighted by Gasteiger charge is -2.23. The monoisotopic (exact) mass is 298 g/mol. The lowest BCUT2D eigenvalue weighted by molar-refractivity contribution is 0.0737. The minimum Gasteiger partial charge on any atom is -0.334 e. The Morgan fingerprint density at radius 1 is 1.41 bits per heavy atom. The second-order valence-corrected chi connectivity index (χ2v) is 5.81. The van der Waals surface area contributed by atoms with Gasteiger partial charge in [-0.3, -0.25) is 4.79 Å². The van der Waals surface area contributed by atoms with Gasteiger partial charge in [0.25, 0.3) is 5.91 Å². The largest absolute Gasteiger partial charge is 0.334 e. The number of hydrogen-bond donors (Lipinski definition) is 1. The van der Waals surface area contributed by atoms with Gasteiger partial charge in [0, 0.05) is 25.3 Å². The molecule has 1 aromatic carbocycles. The maximum Gasteiger partial charge on any atom is 0.257 e. The van der Waals surface area contributed by atoms with Gasteiger partial charge < -0.3 is 10.2 Å².